The van der Waals surface area contributed by atoms with Crippen LogP contribution in [0, 0.1) is 0 Å². The lowest BCUT2D eigenvalue weighted by Crippen LogP contribution is -2.02. The van der Waals surface area contributed by atoms with Crippen LogP contribution in [0.2, 0.25) is 0 Å². The summed E-state index contributed by atoms with van der Waals surface area (Å²) in [6.07, 6.45) is 2.53. The average molecular weight is 266 g/mol. The molecule has 0 amide bonds. The van der Waals surface area contributed by atoms with Gasteiger partial charge in [0.1, 0.15) is 0 Å². The first-order chi connectivity index (χ1) is 9.75. The number of nitrogens with zero attached hydrogens (tertiary/aromatic N) is 1. The van der Waals surface area contributed by atoms with Crippen LogP contribution in [0.25, 0.3) is 0 Å². The number of hydrazone groups is 1. The summed E-state index contributed by atoms with van der Waals surface area (Å²) in [6, 6.07) is 18.9. The topological polar surface area (TPSA) is 61.7 Å². The van der Waals surface area contributed by atoms with Gasteiger partial charge in [-0.15, -0.1) is 0 Å². The summed E-state index contributed by atoms with van der Waals surface area (Å²) in [6.45, 7) is 0. The predicted octanol–water partition coefficient (Wildman–Crippen LogP) is 3.14. The van der Waals surface area contributed by atoms with Crippen molar-refractivity contribution in [2.75, 3.05) is 5.43 Å². The van der Waals surface area contributed by atoms with E-state index in [1.807, 2.05) is 60.7 Å². The van der Waals surface area contributed by atoms with Gasteiger partial charge in [-0.1, -0.05) is 48.5 Å². The van der Waals surface area contributed by atoms with Crippen LogP contribution in [0.1, 0.15) is 5.56 Å². The first-order valence-electron chi connectivity index (χ1n) is 6.11. The minimum absolute atomic E-state index is 0.553. The van der Waals surface area contributed by atoms with E-state index in [1.54, 1.807) is 0 Å². The largest absolute Gasteiger partial charge is 0.478 e. The van der Waals surface area contributed by atoms with Crippen LogP contribution in [0.4, 0.5) is 5.69 Å². The second-order valence-corrected chi connectivity index (χ2v) is 4.01. The maximum atomic E-state index is 10.6. The van der Waals surface area contributed by atoms with Crippen LogP contribution >= 0.6 is 0 Å². The molecule has 0 aromatic heterocycles. The first kappa shape index (κ1) is 13.5. The smallest absolute Gasteiger partial charge is 0.328 e. The van der Waals surface area contributed by atoms with E-state index in [9.17, 15) is 4.79 Å². The zero-order valence-electron chi connectivity index (χ0n) is 10.7. The Bertz CT molecular complexity index is 619. The van der Waals surface area contributed by atoms with Crippen molar-refractivity contribution >= 4 is 17.4 Å². The zero-order valence-corrected chi connectivity index (χ0v) is 10.7. The molecule has 2 N–H and O–H groups in total. The van der Waals surface area contributed by atoms with Crippen LogP contribution in [0.5, 0.6) is 0 Å². The molecule has 0 aliphatic heterocycles. The van der Waals surface area contributed by atoms with Gasteiger partial charge < -0.3 is 5.11 Å². The van der Waals surface area contributed by atoms with E-state index in [1.165, 1.54) is 6.08 Å². The van der Waals surface area contributed by atoms with Gasteiger partial charge in [0.25, 0.3) is 0 Å². The van der Waals surface area contributed by atoms with Crippen molar-refractivity contribution in [1.29, 1.82) is 0 Å². The number of aliphatic carboxylic acids is 1. The van der Waals surface area contributed by atoms with Gasteiger partial charge in [0, 0.05) is 11.6 Å². The average Bonchev–Trinajstić information content (AvgIpc) is 2.49. The van der Waals surface area contributed by atoms with Gasteiger partial charge in [-0.05, 0) is 18.2 Å². The molecule has 0 fully saturated rings. The highest BCUT2D eigenvalue weighted by Gasteiger charge is 2.00. The fourth-order valence-electron chi connectivity index (χ4n) is 1.59. The maximum Gasteiger partial charge on any atom is 0.328 e. The number of hydrogen-bond donors (Lipinski definition) is 2. The van der Waals surface area contributed by atoms with Crippen molar-refractivity contribution in [3.63, 3.8) is 0 Å². The molecule has 100 valence electrons. The number of rotatable bonds is 5. The second kappa shape index (κ2) is 6.89. The minimum atomic E-state index is -1.01. The monoisotopic (exact) mass is 266 g/mol. The molecular weight excluding hydrogens is 252 g/mol. The molecule has 2 rings (SSSR count). The van der Waals surface area contributed by atoms with Crippen LogP contribution in [0.15, 0.2) is 77.9 Å². The van der Waals surface area contributed by atoms with E-state index in [2.05, 4.69) is 10.5 Å². The van der Waals surface area contributed by atoms with Crippen molar-refractivity contribution in [2.24, 2.45) is 5.10 Å². The van der Waals surface area contributed by atoms with E-state index in [4.69, 9.17) is 5.11 Å². The molecule has 4 heteroatoms. The quantitative estimate of drug-likeness (QED) is 0.496. The van der Waals surface area contributed by atoms with Gasteiger partial charge in [-0.2, -0.15) is 5.10 Å². The molecule has 0 aliphatic carbocycles. The lowest BCUT2D eigenvalue weighted by atomic mass is 10.1. The zero-order chi connectivity index (χ0) is 14.2. The second-order valence-electron chi connectivity index (χ2n) is 4.01. The Morgan fingerprint density at radius 1 is 0.950 bits per heavy atom. The van der Waals surface area contributed by atoms with E-state index < -0.39 is 5.97 Å². The Morgan fingerprint density at radius 2 is 1.55 bits per heavy atom. The summed E-state index contributed by atoms with van der Waals surface area (Å²) in [5.41, 5.74) is 5.14. The number of para-hydroxylation sites is 1. The van der Waals surface area contributed by atoms with Crippen LogP contribution < -0.4 is 5.43 Å². The van der Waals surface area contributed by atoms with Gasteiger partial charge in [-0.3, -0.25) is 5.43 Å². The first-order valence-corrected chi connectivity index (χ1v) is 6.11. The molecule has 0 saturated carbocycles. The van der Waals surface area contributed by atoms with Crippen molar-refractivity contribution in [1.82, 2.24) is 0 Å². The van der Waals surface area contributed by atoms with Crippen molar-refractivity contribution < 1.29 is 9.90 Å². The van der Waals surface area contributed by atoms with Crippen LogP contribution in [0.3, 0.4) is 0 Å². The summed E-state index contributed by atoms with van der Waals surface area (Å²) >= 11 is 0. The summed E-state index contributed by atoms with van der Waals surface area (Å²) < 4.78 is 0. The molecule has 0 saturated heterocycles. The van der Waals surface area contributed by atoms with E-state index in [-0.39, 0.29) is 0 Å². The van der Waals surface area contributed by atoms with Gasteiger partial charge in [0.15, 0.2) is 0 Å². The molecule has 4 nitrogen and oxygen atoms in total. The van der Waals surface area contributed by atoms with Crippen molar-refractivity contribution in [3.05, 3.63) is 78.4 Å². The molecular formula is C16H14N2O2. The van der Waals surface area contributed by atoms with Gasteiger partial charge in [0.05, 0.1) is 11.4 Å². The third kappa shape index (κ3) is 4.10. The Morgan fingerprint density at radius 3 is 2.15 bits per heavy atom. The molecule has 2 aromatic rings. The molecule has 0 radical (unpaired) electrons. The van der Waals surface area contributed by atoms with E-state index >= 15 is 0 Å². The highest BCUT2D eigenvalue weighted by Crippen LogP contribution is 2.07. The number of anilines is 1. The molecule has 0 spiro atoms. The lowest BCUT2D eigenvalue weighted by Gasteiger charge is -2.04. The molecule has 0 bridgehead atoms. The summed E-state index contributed by atoms with van der Waals surface area (Å²) in [4.78, 5) is 10.6. The minimum Gasteiger partial charge on any atom is -0.478 e. The third-order valence-corrected chi connectivity index (χ3v) is 2.53. The third-order valence-electron chi connectivity index (χ3n) is 2.53. The maximum absolute atomic E-state index is 10.6. The number of nitrogens with one attached hydrogen (secondary N) is 1. The standard InChI is InChI=1S/C16H14N2O2/c19-16(20)12-11-15(13-7-3-1-4-8-13)18-17-14-9-5-2-6-10-14/h1-12,17H,(H,19,20)/b12-11-,18-15+. The number of allylic oxidation sites excluding steroid dienone is 1. The Labute approximate surface area is 117 Å². The highest BCUT2D eigenvalue weighted by atomic mass is 16.4. The molecule has 0 atom stereocenters. The van der Waals surface area contributed by atoms with Crippen molar-refractivity contribution in [3.8, 4) is 0 Å². The number of carboxylic acid groups (broad SMARTS) is 1. The fraction of sp³-hybridized carbons (Fsp3) is 0. The van der Waals surface area contributed by atoms with Gasteiger partial charge >= 0.3 is 5.97 Å². The Balaban J connectivity index is 2.25. The van der Waals surface area contributed by atoms with Gasteiger partial charge in [-0.25, -0.2) is 4.79 Å². The van der Waals surface area contributed by atoms with Gasteiger partial charge in [0.2, 0.25) is 0 Å². The van der Waals surface area contributed by atoms with Crippen LogP contribution in [-0.4, -0.2) is 16.8 Å². The molecule has 0 unspecified atom stereocenters. The molecule has 0 aliphatic rings. The fourth-order valence-corrected chi connectivity index (χ4v) is 1.59. The molecule has 20 heavy (non-hydrogen) atoms. The summed E-state index contributed by atoms with van der Waals surface area (Å²) in [7, 11) is 0. The summed E-state index contributed by atoms with van der Waals surface area (Å²) in [5.74, 6) is -1.01. The predicted molar refractivity (Wildman–Crippen MR) is 79.8 cm³/mol. The summed E-state index contributed by atoms with van der Waals surface area (Å²) in [5, 5.41) is 13.0. The number of benzene rings is 2. The number of carboxylic acids is 1. The Hall–Kier alpha value is -2.88. The molecule has 0 heterocycles. The normalized spacial score (nSPS) is 11.5. The lowest BCUT2D eigenvalue weighted by molar-refractivity contribution is -0.131. The van der Waals surface area contributed by atoms with Crippen molar-refractivity contribution in [2.45, 2.75) is 0 Å². The van der Waals surface area contributed by atoms with E-state index in [0.29, 0.717) is 5.71 Å². The number of carbonyl (C=O) groups is 1. The highest BCUT2D eigenvalue weighted by molar-refractivity contribution is 6.10. The SMILES string of the molecule is O=C(O)/C=C\C(=N/Nc1ccccc1)c1ccccc1. The molecule has 2 aromatic carbocycles. The number of hydrogen-bond acceptors (Lipinski definition) is 3. The van der Waals surface area contributed by atoms with Crippen LogP contribution in [-0.2, 0) is 4.79 Å². The Kier molecular flexibility index (Phi) is 4.67. The van der Waals surface area contributed by atoms with E-state index in [0.717, 1.165) is 17.3 Å².